The van der Waals surface area contributed by atoms with Gasteiger partial charge in [-0.3, -0.25) is 9.79 Å². The molecular formula is C33H29ClN6O2. The maximum atomic E-state index is 13.8. The third-order valence-corrected chi connectivity index (χ3v) is 9.59. The van der Waals surface area contributed by atoms with Crippen LogP contribution in [0.15, 0.2) is 82.5 Å². The van der Waals surface area contributed by atoms with Crippen LogP contribution in [0.1, 0.15) is 62.4 Å². The number of hydrogen-bond acceptors (Lipinski definition) is 6. The fourth-order valence-corrected chi connectivity index (χ4v) is 7.10. The quantitative estimate of drug-likeness (QED) is 0.264. The molecule has 0 bridgehead atoms. The van der Waals surface area contributed by atoms with Gasteiger partial charge in [0.1, 0.15) is 17.7 Å². The molecule has 0 N–H and O–H groups in total. The van der Waals surface area contributed by atoms with Crippen molar-refractivity contribution in [2.24, 2.45) is 10.9 Å². The first-order valence-electron chi connectivity index (χ1n) is 14.3. The maximum Gasteiger partial charge on any atom is 0.251 e. The monoisotopic (exact) mass is 576 g/mol. The van der Waals surface area contributed by atoms with Crippen molar-refractivity contribution in [2.75, 3.05) is 0 Å². The van der Waals surface area contributed by atoms with Crippen LogP contribution in [0.3, 0.4) is 0 Å². The first-order chi connectivity index (χ1) is 20.2. The summed E-state index contributed by atoms with van der Waals surface area (Å²) in [4.78, 5) is 18.9. The number of pyridine rings is 1. The predicted molar refractivity (Wildman–Crippen MR) is 162 cm³/mol. The number of nitrogens with zero attached hydrogens (tertiary/aromatic N) is 6. The van der Waals surface area contributed by atoms with Crippen molar-refractivity contribution in [3.8, 4) is 22.6 Å². The molecular weight excluding hydrogens is 548 g/mol. The van der Waals surface area contributed by atoms with E-state index in [0.29, 0.717) is 16.9 Å². The first-order valence-corrected chi connectivity index (χ1v) is 14.6. The van der Waals surface area contributed by atoms with Gasteiger partial charge in [0.2, 0.25) is 0 Å². The number of halogens is 1. The van der Waals surface area contributed by atoms with Crippen LogP contribution < -0.4 is 10.3 Å². The van der Waals surface area contributed by atoms with Gasteiger partial charge in [0, 0.05) is 52.5 Å². The fraction of sp³-hybridized carbons (Fsp3) is 0.303. The molecule has 42 heavy (non-hydrogen) atoms. The Morgan fingerprint density at radius 3 is 2.74 bits per heavy atom. The van der Waals surface area contributed by atoms with Gasteiger partial charge < -0.3 is 9.30 Å². The number of rotatable bonds is 4. The van der Waals surface area contributed by atoms with E-state index in [1.807, 2.05) is 16.7 Å². The van der Waals surface area contributed by atoms with Crippen molar-refractivity contribution < 1.29 is 4.74 Å². The van der Waals surface area contributed by atoms with Crippen molar-refractivity contribution in [2.45, 2.75) is 57.6 Å². The van der Waals surface area contributed by atoms with Crippen molar-refractivity contribution in [1.29, 1.82) is 0 Å². The average molecular weight is 577 g/mol. The number of benzene rings is 2. The van der Waals surface area contributed by atoms with E-state index in [4.69, 9.17) is 21.3 Å². The number of aromatic nitrogens is 5. The molecule has 210 valence electrons. The van der Waals surface area contributed by atoms with E-state index in [-0.39, 0.29) is 17.2 Å². The summed E-state index contributed by atoms with van der Waals surface area (Å²) >= 11 is 6.39. The Balaban J connectivity index is 1.12. The summed E-state index contributed by atoms with van der Waals surface area (Å²) in [5.41, 5.74) is 9.67. The molecule has 2 aromatic carbocycles. The van der Waals surface area contributed by atoms with Crippen molar-refractivity contribution in [3.63, 3.8) is 0 Å². The number of ether oxygens (including phenoxy) is 1. The second-order valence-electron chi connectivity index (χ2n) is 12.3. The lowest BCUT2D eigenvalue weighted by atomic mass is 9.88. The molecule has 5 heterocycles. The molecule has 3 atom stereocenters. The van der Waals surface area contributed by atoms with Crippen LogP contribution >= 0.6 is 11.6 Å². The Morgan fingerprint density at radius 1 is 1.07 bits per heavy atom. The molecule has 2 aromatic heterocycles. The highest BCUT2D eigenvalue weighted by Gasteiger charge is 2.54. The zero-order valence-corrected chi connectivity index (χ0v) is 24.4. The maximum absolute atomic E-state index is 13.8. The number of allylic oxidation sites excluding steroid dienone is 2. The third-order valence-electron chi connectivity index (χ3n) is 9.35. The SMILES string of the molecule is C=C1Cc2ccc(C3=C(C)N=C(C4C5CC5c5cc(-c6cc(Cl)ccc6-n6cnnn6)cc(=O)n54)C3)cc2OC1(C)C. The van der Waals surface area contributed by atoms with E-state index < -0.39 is 0 Å². The van der Waals surface area contributed by atoms with E-state index >= 15 is 0 Å². The molecule has 3 unspecified atom stereocenters. The molecule has 1 saturated carbocycles. The minimum absolute atomic E-state index is 0.0271. The van der Waals surface area contributed by atoms with E-state index in [1.54, 1.807) is 16.8 Å². The van der Waals surface area contributed by atoms with Crippen LogP contribution in [0.2, 0.25) is 5.02 Å². The Labute approximate surface area is 248 Å². The molecule has 9 heteroatoms. The minimum Gasteiger partial charge on any atom is -0.483 e. The largest absolute Gasteiger partial charge is 0.483 e. The highest BCUT2D eigenvalue weighted by molar-refractivity contribution is 6.31. The summed E-state index contributed by atoms with van der Waals surface area (Å²) in [7, 11) is 0. The molecule has 3 aliphatic heterocycles. The van der Waals surface area contributed by atoms with E-state index in [9.17, 15) is 4.79 Å². The zero-order chi connectivity index (χ0) is 28.9. The van der Waals surface area contributed by atoms with Gasteiger partial charge in [0.15, 0.2) is 0 Å². The van der Waals surface area contributed by atoms with Crippen LogP contribution in [-0.2, 0) is 6.42 Å². The van der Waals surface area contributed by atoms with Crippen LogP contribution in [-0.4, -0.2) is 36.1 Å². The van der Waals surface area contributed by atoms with Gasteiger partial charge in [-0.25, -0.2) is 0 Å². The third kappa shape index (κ3) is 3.85. The van der Waals surface area contributed by atoms with E-state index in [2.05, 4.69) is 67.1 Å². The molecule has 1 fully saturated rings. The minimum atomic E-state index is -0.390. The van der Waals surface area contributed by atoms with Crippen LogP contribution in [0.5, 0.6) is 5.75 Å². The standard InChI is InChI=1S/C33H29ClN6O2/c1-17-9-20-6-5-19(11-30(20)42-33(17,3)4)23-15-27(36-18(23)2)32-26-14-25(26)29-10-21(12-31(41)40(29)32)24-13-22(34)7-8-28(24)39-16-35-37-38-39/h5-8,10-13,16,25-26,32H,1,9,14-15H2,2-4H3. The molecule has 8 nitrogen and oxygen atoms in total. The molecule has 8 rings (SSSR count). The summed E-state index contributed by atoms with van der Waals surface area (Å²) in [5.74, 6) is 1.65. The van der Waals surface area contributed by atoms with Gasteiger partial charge in [0.05, 0.1) is 11.7 Å². The summed E-state index contributed by atoms with van der Waals surface area (Å²) in [6, 6.07) is 15.8. The summed E-state index contributed by atoms with van der Waals surface area (Å²) in [6.07, 6.45) is 4.14. The summed E-state index contributed by atoms with van der Waals surface area (Å²) < 4.78 is 9.90. The summed E-state index contributed by atoms with van der Waals surface area (Å²) in [5, 5.41) is 12.2. The predicted octanol–water partition coefficient (Wildman–Crippen LogP) is 6.35. The molecule has 4 aromatic rings. The number of fused-ring (bicyclic) bond motifs is 4. The Morgan fingerprint density at radius 2 is 1.93 bits per heavy atom. The molecule has 0 amide bonds. The lowest BCUT2D eigenvalue weighted by molar-refractivity contribution is 0.134. The van der Waals surface area contributed by atoms with E-state index in [0.717, 1.165) is 75.6 Å². The van der Waals surface area contributed by atoms with Crippen LogP contribution in [0.25, 0.3) is 22.4 Å². The van der Waals surface area contributed by atoms with Gasteiger partial charge in [0.25, 0.3) is 5.56 Å². The highest BCUT2D eigenvalue weighted by Crippen LogP contribution is 2.60. The average Bonchev–Trinajstić information content (AvgIpc) is 3.25. The van der Waals surface area contributed by atoms with Crippen molar-refractivity contribution in [3.05, 3.63) is 105 Å². The fourth-order valence-electron chi connectivity index (χ4n) is 6.93. The molecule has 1 aliphatic carbocycles. The number of aliphatic imine (C=N–C) groups is 1. The van der Waals surface area contributed by atoms with Gasteiger partial charge in [-0.15, -0.1) is 5.10 Å². The van der Waals surface area contributed by atoms with Crippen LogP contribution in [0.4, 0.5) is 0 Å². The Bertz CT molecular complexity index is 1950. The molecule has 0 spiro atoms. The normalized spacial score (nSPS) is 23.3. The number of tetrazole rings is 1. The Kier molecular flexibility index (Phi) is 5.35. The second-order valence-corrected chi connectivity index (χ2v) is 12.7. The van der Waals surface area contributed by atoms with Gasteiger partial charge in [-0.2, -0.15) is 4.68 Å². The van der Waals surface area contributed by atoms with Crippen LogP contribution in [0, 0.1) is 5.92 Å². The topological polar surface area (TPSA) is 87.2 Å². The summed E-state index contributed by atoms with van der Waals surface area (Å²) in [6.45, 7) is 10.4. The van der Waals surface area contributed by atoms with E-state index in [1.165, 1.54) is 11.9 Å². The van der Waals surface area contributed by atoms with Crippen molar-refractivity contribution >= 4 is 22.9 Å². The lowest BCUT2D eigenvalue weighted by Crippen LogP contribution is -2.35. The lowest BCUT2D eigenvalue weighted by Gasteiger charge is -2.35. The highest BCUT2D eigenvalue weighted by atomic mass is 35.5. The molecule has 0 radical (unpaired) electrons. The Hall–Kier alpha value is -4.30. The number of hydrogen-bond donors (Lipinski definition) is 0. The van der Waals surface area contributed by atoms with Gasteiger partial charge >= 0.3 is 0 Å². The smallest absolute Gasteiger partial charge is 0.251 e. The van der Waals surface area contributed by atoms with Gasteiger partial charge in [-0.05, 0) is 102 Å². The molecule has 4 aliphatic rings. The first kappa shape index (κ1) is 25.4. The second kappa shape index (κ2) is 8.85. The van der Waals surface area contributed by atoms with Crippen molar-refractivity contribution in [1.82, 2.24) is 24.8 Å². The van der Waals surface area contributed by atoms with Gasteiger partial charge in [-0.1, -0.05) is 30.3 Å². The molecule has 0 saturated heterocycles. The zero-order valence-electron chi connectivity index (χ0n) is 23.6.